The molecule has 5 aromatic carbocycles. The molecule has 3 spiro atoms. The zero-order chi connectivity index (χ0) is 60.6. The highest BCUT2D eigenvalue weighted by molar-refractivity contribution is 7.90. The number of hydrogen-bond donors (Lipinski definition) is 0. The van der Waals surface area contributed by atoms with Gasteiger partial charge in [-0.25, -0.2) is 38.4 Å². The number of nitrogens with zero attached hydrogens (tertiary/aromatic N) is 3. The lowest BCUT2D eigenvalue weighted by Gasteiger charge is -2.58. The largest absolute Gasteiger partial charge is 0.493 e. The monoisotopic (exact) mass is 1270 g/mol. The van der Waals surface area contributed by atoms with Gasteiger partial charge in [-0.15, -0.1) is 0 Å². The molecule has 15 nitrogen and oxygen atoms in total. The molecule has 7 aliphatic carbocycles. The lowest BCUT2D eigenvalue weighted by molar-refractivity contribution is -0.0638. The third-order valence-electron chi connectivity index (χ3n) is 23.4. The highest BCUT2D eigenvalue weighted by Gasteiger charge is 2.71. The van der Waals surface area contributed by atoms with Crippen molar-refractivity contribution in [1.29, 1.82) is 0 Å². The van der Waals surface area contributed by atoms with Crippen LogP contribution in [0.2, 0.25) is 0 Å². The average Bonchev–Trinajstić information content (AvgIpc) is 1.44. The van der Waals surface area contributed by atoms with E-state index in [1.807, 2.05) is 72.8 Å². The number of rotatable bonds is 10. The lowest BCUT2D eigenvalue weighted by atomic mass is 9.52. The van der Waals surface area contributed by atoms with Gasteiger partial charge in [-0.1, -0.05) is 66.7 Å². The predicted molar refractivity (Wildman–Crippen MR) is 321 cm³/mol. The summed E-state index contributed by atoms with van der Waals surface area (Å²) >= 11 is 0. The summed E-state index contributed by atoms with van der Waals surface area (Å²) < 4.78 is 166. The number of ether oxygens (including phenoxy) is 6. The molecule has 3 saturated heterocycles. The molecular weight excluding hydrogens is 1190 g/mol. The van der Waals surface area contributed by atoms with Gasteiger partial charge < -0.3 is 28.4 Å². The standard InChI is InChI=1S/C24H26FNO4S.C23H24FNO4S.C20H24FNO4S/c1-29-20-10-7-16-13-19-17-8-9-18(25)23-24(17,21(16)22(20)30-23)11-12-26(19)31(27,28)14-15-5-3-2-4-6-15;1-28-19-10-7-14-13-18-16-8-9-17(24)22-23(16,20(14)21(19)29-22)11-12-25(18)30(26,27)15-5-3-2-4-6-15;1-25-16-7-2-11-10-15-13-5-6-14(21)19-20(13,17(11)18(16)26-19)8-9-22(15)27(23,24)12-3-4-12/h2-7,10,17-19,23H,8-9,11-14H2,1H3;2-7,10,16-18,22H,8-9,11-13H2,1H3;2,7,12-15,19H,3-6,8-10H2,1H3/t17?,18?,19-,23+,24+;16?,17?,18-,22+,23+;13?,14?,15-,19+,20+/m000/s1. The summed E-state index contributed by atoms with van der Waals surface area (Å²) in [5.74, 6) is 4.22. The van der Waals surface area contributed by atoms with Crippen molar-refractivity contribution < 1.29 is 66.8 Å². The quantitative estimate of drug-likeness (QED) is 0.130. The van der Waals surface area contributed by atoms with Crippen LogP contribution in [-0.4, -0.2) is 139 Å². The Balaban J connectivity index is 0.000000107. The number of benzene rings is 5. The van der Waals surface area contributed by atoms with Gasteiger partial charge in [0.2, 0.25) is 30.1 Å². The number of hydrogen-bond acceptors (Lipinski definition) is 12. The van der Waals surface area contributed by atoms with Crippen molar-refractivity contribution in [1.82, 2.24) is 12.9 Å². The van der Waals surface area contributed by atoms with Crippen LogP contribution in [-0.2, 0) is 71.3 Å². The Morgan fingerprint density at radius 1 is 0.466 bits per heavy atom. The van der Waals surface area contributed by atoms with E-state index in [0.717, 1.165) is 58.2 Å². The number of piperidine rings is 3. The van der Waals surface area contributed by atoms with E-state index >= 15 is 13.2 Å². The van der Waals surface area contributed by atoms with Gasteiger partial charge in [0, 0.05) is 70.7 Å². The molecule has 7 fully saturated rings. The van der Waals surface area contributed by atoms with Gasteiger partial charge in [0.05, 0.1) is 37.2 Å². The summed E-state index contributed by atoms with van der Waals surface area (Å²) in [5.41, 5.74) is 5.98. The lowest BCUT2D eigenvalue weighted by Crippen LogP contribution is -2.67. The number of alkyl halides is 3. The van der Waals surface area contributed by atoms with E-state index in [9.17, 15) is 25.3 Å². The molecular formula is C67H74F3N3O12S3. The van der Waals surface area contributed by atoms with Crippen molar-refractivity contribution >= 4 is 30.1 Å². The van der Waals surface area contributed by atoms with E-state index < -0.39 is 83.1 Å². The van der Waals surface area contributed by atoms with Gasteiger partial charge in [0.25, 0.3) is 0 Å². The van der Waals surface area contributed by atoms with Gasteiger partial charge in [0.15, 0.2) is 34.5 Å². The first-order valence-corrected chi connectivity index (χ1v) is 36.1. The fourth-order valence-electron chi connectivity index (χ4n) is 19.9. The molecule has 6 aliphatic heterocycles. The van der Waals surface area contributed by atoms with Crippen LogP contribution < -0.4 is 28.4 Å². The zero-order valence-corrected chi connectivity index (χ0v) is 52.0. The molecule has 0 N–H and O–H groups in total. The summed E-state index contributed by atoms with van der Waals surface area (Å²) in [5, 5.41) is -0.201. The minimum Gasteiger partial charge on any atom is -0.493 e. The third kappa shape index (κ3) is 7.96. The van der Waals surface area contributed by atoms with Gasteiger partial charge >= 0.3 is 0 Å². The Bertz CT molecular complexity index is 4000. The third-order valence-corrected chi connectivity index (χ3v) is 29.6. The van der Waals surface area contributed by atoms with Crippen molar-refractivity contribution in [3.63, 3.8) is 0 Å². The normalized spacial score (nSPS) is 35.6. The zero-order valence-electron chi connectivity index (χ0n) is 49.6. The van der Waals surface area contributed by atoms with Crippen LogP contribution in [0.1, 0.15) is 110 Å². The first-order valence-electron chi connectivity index (χ1n) is 31.6. The second-order valence-corrected chi connectivity index (χ2v) is 32.9. The van der Waals surface area contributed by atoms with E-state index in [1.165, 1.54) is 0 Å². The SMILES string of the molecule is COc1ccc2c3c1O[C@@H]1C(F)CCC4[C@H](C2)N(S(=O)(=O)C2CC2)CC[C@]341.COc1ccc2c3c1O[C@@H]1C(F)CCC4[C@H](C2)N(S(=O)(=O)Cc2ccccc2)CC[C@]341.COc1ccc2c3c1O[C@@H]1C(F)CCC4[C@H](C2)N(S(=O)(=O)c2ccccc2)CC[C@]341. The molecule has 21 heteroatoms. The molecule has 6 heterocycles. The minimum atomic E-state index is -3.62. The van der Waals surface area contributed by atoms with Crippen molar-refractivity contribution in [3.8, 4) is 34.5 Å². The maximum atomic E-state index is 15.2. The fourth-order valence-corrected chi connectivity index (χ4v) is 25.4. The minimum absolute atomic E-state index is 0.00353. The summed E-state index contributed by atoms with van der Waals surface area (Å²) in [4.78, 5) is 0.320. The topological polar surface area (TPSA) is 168 Å². The predicted octanol–water partition coefficient (Wildman–Crippen LogP) is 9.63. The smallest absolute Gasteiger partial charge is 0.243 e. The van der Waals surface area contributed by atoms with Crippen LogP contribution in [0.25, 0.3) is 0 Å². The Hall–Kier alpha value is -5.58. The second-order valence-electron chi connectivity index (χ2n) is 26.9. The summed E-state index contributed by atoms with van der Waals surface area (Å²) in [6.07, 6.45) is 3.85. The highest BCUT2D eigenvalue weighted by Crippen LogP contribution is 2.68. The fraction of sp³-hybridized carbons (Fsp3) is 0.552. The number of halogens is 3. The van der Waals surface area contributed by atoms with Gasteiger partial charge in [-0.05, 0) is 160 Å². The molecule has 4 saturated carbocycles. The average molecular weight is 1270 g/mol. The first-order chi connectivity index (χ1) is 42.4. The molecule has 0 aromatic heterocycles. The van der Waals surface area contributed by atoms with E-state index in [-0.39, 0.29) is 46.9 Å². The molecule has 5 aromatic rings. The number of methoxy groups -OCH3 is 3. The Morgan fingerprint density at radius 3 is 1.25 bits per heavy atom. The molecule has 0 amide bonds. The van der Waals surface area contributed by atoms with Crippen LogP contribution in [0.3, 0.4) is 0 Å². The van der Waals surface area contributed by atoms with Crippen LogP contribution >= 0.6 is 0 Å². The van der Waals surface area contributed by atoms with Gasteiger partial charge in [0.1, 0.15) is 36.8 Å². The molecule has 15 atom stereocenters. The first kappa shape index (κ1) is 57.6. The Morgan fingerprint density at radius 2 is 0.841 bits per heavy atom. The van der Waals surface area contributed by atoms with Crippen LogP contribution in [0, 0.1) is 17.8 Å². The van der Waals surface area contributed by atoms with Crippen LogP contribution in [0.15, 0.2) is 102 Å². The van der Waals surface area contributed by atoms with Crippen LogP contribution in [0.5, 0.6) is 34.5 Å². The molecule has 468 valence electrons. The van der Waals surface area contributed by atoms with Crippen molar-refractivity contribution in [2.24, 2.45) is 17.8 Å². The maximum Gasteiger partial charge on any atom is 0.243 e. The highest BCUT2D eigenvalue weighted by atomic mass is 32.2. The summed E-state index contributed by atoms with van der Waals surface area (Å²) in [6, 6.07) is 29.2. The van der Waals surface area contributed by atoms with E-state index in [1.54, 1.807) is 58.5 Å². The van der Waals surface area contributed by atoms with Gasteiger partial charge in [-0.3, -0.25) is 0 Å². The molecule has 6 unspecified atom stereocenters. The molecule has 13 aliphatic rings. The van der Waals surface area contributed by atoms with E-state index in [2.05, 4.69) is 0 Å². The summed E-state index contributed by atoms with van der Waals surface area (Å²) in [6.45, 7) is 1.25. The maximum absolute atomic E-state index is 15.2. The van der Waals surface area contributed by atoms with Crippen molar-refractivity contribution in [2.45, 2.75) is 177 Å². The van der Waals surface area contributed by atoms with E-state index in [0.29, 0.717) is 130 Å². The Labute approximate surface area is 513 Å². The molecule has 0 radical (unpaired) electrons. The summed E-state index contributed by atoms with van der Waals surface area (Å²) in [7, 11) is -5.54. The van der Waals surface area contributed by atoms with Gasteiger partial charge in [-0.2, -0.15) is 12.9 Å². The molecule has 18 rings (SSSR count). The van der Waals surface area contributed by atoms with Crippen molar-refractivity contribution in [3.05, 3.63) is 136 Å². The molecule has 88 heavy (non-hydrogen) atoms. The second kappa shape index (κ2) is 20.5. The van der Waals surface area contributed by atoms with Crippen molar-refractivity contribution in [2.75, 3.05) is 41.0 Å². The Kier molecular flexibility index (Phi) is 13.4. The van der Waals surface area contributed by atoms with E-state index in [4.69, 9.17) is 28.4 Å². The molecule has 6 bridgehead atoms. The van der Waals surface area contributed by atoms with Crippen LogP contribution in [0.4, 0.5) is 13.2 Å². The number of sulfonamides is 3.